The summed E-state index contributed by atoms with van der Waals surface area (Å²) < 4.78 is 20.2. The van der Waals surface area contributed by atoms with Crippen LogP contribution in [0.2, 0.25) is 0 Å². The molecule has 0 saturated heterocycles. The van der Waals surface area contributed by atoms with Gasteiger partial charge in [-0.3, -0.25) is 0 Å². The summed E-state index contributed by atoms with van der Waals surface area (Å²) in [5.74, 6) is 0.657. The highest BCUT2D eigenvalue weighted by molar-refractivity contribution is 9.10. The molecule has 2 rings (SSSR count). The van der Waals surface area contributed by atoms with Gasteiger partial charge in [0.15, 0.2) is 0 Å². The second-order valence-electron chi connectivity index (χ2n) is 4.76. The highest BCUT2D eigenvalue weighted by atomic mass is 79.9. The predicted octanol–water partition coefficient (Wildman–Crippen LogP) is 4.49. The lowest BCUT2D eigenvalue weighted by Crippen LogP contribution is -2.19. The number of benzene rings is 2. The number of rotatable bonds is 6. The molecule has 2 aromatic carbocycles. The lowest BCUT2D eigenvalue weighted by molar-refractivity contribution is 0.338. The summed E-state index contributed by atoms with van der Waals surface area (Å²) in [5.41, 5.74) is 1.80. The molecule has 1 unspecified atom stereocenters. The highest BCUT2D eigenvalue weighted by Crippen LogP contribution is 2.29. The Morgan fingerprint density at radius 2 is 2.00 bits per heavy atom. The van der Waals surface area contributed by atoms with E-state index in [0.717, 1.165) is 15.8 Å². The Kier molecular flexibility index (Phi) is 5.76. The standard InChI is InChI=1S/C17H19BrFNO/c1-3-21-17-9-8-13(10-14(17)18)16(20-2)11-12-6-4-5-7-15(12)19/h4-10,16,20H,3,11H2,1-2H3. The van der Waals surface area contributed by atoms with Gasteiger partial charge in [-0.25, -0.2) is 4.39 Å². The van der Waals surface area contributed by atoms with Gasteiger partial charge < -0.3 is 10.1 Å². The van der Waals surface area contributed by atoms with E-state index >= 15 is 0 Å². The van der Waals surface area contributed by atoms with Crippen LogP contribution in [0.3, 0.4) is 0 Å². The minimum Gasteiger partial charge on any atom is -0.493 e. The van der Waals surface area contributed by atoms with Crippen LogP contribution in [-0.4, -0.2) is 13.7 Å². The third-order valence-corrected chi connectivity index (χ3v) is 4.01. The summed E-state index contributed by atoms with van der Waals surface area (Å²) in [6, 6.07) is 12.9. The number of ether oxygens (including phenoxy) is 1. The smallest absolute Gasteiger partial charge is 0.133 e. The molecule has 2 nitrogen and oxygen atoms in total. The SMILES string of the molecule is CCOc1ccc(C(Cc2ccccc2F)NC)cc1Br. The molecule has 2 aromatic rings. The average Bonchev–Trinajstić information content (AvgIpc) is 2.49. The molecule has 0 heterocycles. The van der Waals surface area contributed by atoms with Crippen LogP contribution in [0, 0.1) is 5.82 Å². The van der Waals surface area contributed by atoms with E-state index in [1.165, 1.54) is 6.07 Å². The quantitative estimate of drug-likeness (QED) is 0.827. The summed E-state index contributed by atoms with van der Waals surface area (Å²) in [5, 5.41) is 3.24. The van der Waals surface area contributed by atoms with E-state index in [4.69, 9.17) is 4.74 Å². The van der Waals surface area contributed by atoms with E-state index in [0.29, 0.717) is 18.6 Å². The first-order valence-electron chi connectivity index (χ1n) is 6.98. The number of halogens is 2. The maximum Gasteiger partial charge on any atom is 0.133 e. The number of hydrogen-bond acceptors (Lipinski definition) is 2. The van der Waals surface area contributed by atoms with Gasteiger partial charge >= 0.3 is 0 Å². The largest absolute Gasteiger partial charge is 0.493 e. The molecule has 0 saturated carbocycles. The van der Waals surface area contributed by atoms with Crippen molar-refractivity contribution in [2.45, 2.75) is 19.4 Å². The van der Waals surface area contributed by atoms with Crippen LogP contribution >= 0.6 is 15.9 Å². The molecular weight excluding hydrogens is 333 g/mol. The summed E-state index contributed by atoms with van der Waals surface area (Å²) >= 11 is 3.52. The molecule has 0 aliphatic heterocycles. The Morgan fingerprint density at radius 3 is 2.62 bits per heavy atom. The molecule has 1 atom stereocenters. The fourth-order valence-electron chi connectivity index (χ4n) is 2.28. The fourth-order valence-corrected chi connectivity index (χ4v) is 2.79. The predicted molar refractivity (Wildman–Crippen MR) is 87.2 cm³/mol. The molecule has 0 aliphatic carbocycles. The monoisotopic (exact) mass is 351 g/mol. The van der Waals surface area contributed by atoms with Gasteiger partial charge in [-0.2, -0.15) is 0 Å². The zero-order chi connectivity index (χ0) is 15.2. The van der Waals surface area contributed by atoms with Crippen molar-refractivity contribution in [1.29, 1.82) is 0 Å². The van der Waals surface area contributed by atoms with Crippen molar-refractivity contribution in [2.75, 3.05) is 13.7 Å². The normalized spacial score (nSPS) is 12.2. The van der Waals surface area contributed by atoms with Gasteiger partial charge in [0.2, 0.25) is 0 Å². The second kappa shape index (κ2) is 7.57. The summed E-state index contributed by atoms with van der Waals surface area (Å²) in [6.07, 6.45) is 0.601. The van der Waals surface area contributed by atoms with Gasteiger partial charge in [-0.05, 0) is 65.6 Å². The van der Waals surface area contributed by atoms with Crippen molar-refractivity contribution >= 4 is 15.9 Å². The molecule has 0 radical (unpaired) electrons. The van der Waals surface area contributed by atoms with E-state index in [1.807, 2.05) is 44.3 Å². The molecule has 112 valence electrons. The third-order valence-electron chi connectivity index (χ3n) is 3.39. The molecule has 4 heteroatoms. The van der Waals surface area contributed by atoms with Gasteiger partial charge in [0.25, 0.3) is 0 Å². The van der Waals surface area contributed by atoms with Gasteiger partial charge in [-0.1, -0.05) is 24.3 Å². The van der Waals surface area contributed by atoms with Crippen LogP contribution in [0.4, 0.5) is 4.39 Å². The first-order chi connectivity index (χ1) is 10.2. The van der Waals surface area contributed by atoms with Crippen LogP contribution in [0.25, 0.3) is 0 Å². The van der Waals surface area contributed by atoms with Crippen molar-refractivity contribution < 1.29 is 9.13 Å². The van der Waals surface area contributed by atoms with Crippen molar-refractivity contribution in [2.24, 2.45) is 0 Å². The van der Waals surface area contributed by atoms with E-state index in [1.54, 1.807) is 6.07 Å². The molecule has 0 fully saturated rings. The minimum atomic E-state index is -0.164. The molecule has 0 spiro atoms. The lowest BCUT2D eigenvalue weighted by Gasteiger charge is -2.18. The van der Waals surface area contributed by atoms with Crippen LogP contribution in [0.15, 0.2) is 46.9 Å². The molecule has 0 aliphatic rings. The first-order valence-corrected chi connectivity index (χ1v) is 7.78. The first kappa shape index (κ1) is 16.0. The van der Waals surface area contributed by atoms with Crippen molar-refractivity contribution in [3.05, 3.63) is 63.9 Å². The van der Waals surface area contributed by atoms with E-state index in [-0.39, 0.29) is 11.9 Å². The highest BCUT2D eigenvalue weighted by Gasteiger charge is 2.14. The lowest BCUT2D eigenvalue weighted by atomic mass is 9.98. The molecule has 0 bridgehead atoms. The molecule has 0 amide bonds. The maximum atomic E-state index is 13.8. The zero-order valence-corrected chi connectivity index (χ0v) is 13.8. The Bertz CT molecular complexity index is 603. The summed E-state index contributed by atoms with van der Waals surface area (Å²) in [6.45, 7) is 2.58. The Balaban J connectivity index is 2.21. The van der Waals surface area contributed by atoms with E-state index in [2.05, 4.69) is 21.2 Å². The number of hydrogen-bond donors (Lipinski definition) is 1. The molecular formula is C17H19BrFNO. The van der Waals surface area contributed by atoms with Crippen LogP contribution in [0.5, 0.6) is 5.75 Å². The van der Waals surface area contributed by atoms with Gasteiger partial charge in [0.1, 0.15) is 11.6 Å². The number of likely N-dealkylation sites (N-methyl/N-ethyl adjacent to an activating group) is 1. The second-order valence-corrected chi connectivity index (χ2v) is 5.61. The van der Waals surface area contributed by atoms with Crippen molar-refractivity contribution in [1.82, 2.24) is 5.32 Å². The van der Waals surface area contributed by atoms with Crippen LogP contribution < -0.4 is 10.1 Å². The Morgan fingerprint density at radius 1 is 1.24 bits per heavy atom. The molecule has 1 N–H and O–H groups in total. The third kappa shape index (κ3) is 4.05. The zero-order valence-electron chi connectivity index (χ0n) is 12.2. The van der Waals surface area contributed by atoms with Crippen molar-refractivity contribution in [3.8, 4) is 5.75 Å². The number of nitrogens with one attached hydrogen (secondary N) is 1. The molecule has 21 heavy (non-hydrogen) atoms. The fraction of sp³-hybridized carbons (Fsp3) is 0.294. The maximum absolute atomic E-state index is 13.8. The van der Waals surface area contributed by atoms with Gasteiger partial charge in [0.05, 0.1) is 11.1 Å². The van der Waals surface area contributed by atoms with Crippen LogP contribution in [-0.2, 0) is 6.42 Å². The van der Waals surface area contributed by atoms with Crippen molar-refractivity contribution in [3.63, 3.8) is 0 Å². The Hall–Kier alpha value is -1.39. The summed E-state index contributed by atoms with van der Waals surface area (Å²) in [4.78, 5) is 0. The topological polar surface area (TPSA) is 21.3 Å². The average molecular weight is 352 g/mol. The Labute approximate surface area is 133 Å². The van der Waals surface area contributed by atoms with Gasteiger partial charge in [-0.15, -0.1) is 0 Å². The van der Waals surface area contributed by atoms with Gasteiger partial charge in [0, 0.05) is 6.04 Å². The van der Waals surface area contributed by atoms with E-state index < -0.39 is 0 Å². The van der Waals surface area contributed by atoms with E-state index in [9.17, 15) is 4.39 Å². The van der Waals surface area contributed by atoms with Crippen LogP contribution in [0.1, 0.15) is 24.1 Å². The minimum absolute atomic E-state index is 0.0499. The summed E-state index contributed by atoms with van der Waals surface area (Å²) in [7, 11) is 1.88. The molecule has 0 aromatic heterocycles.